The summed E-state index contributed by atoms with van der Waals surface area (Å²) in [5.74, 6) is -0.228. The summed E-state index contributed by atoms with van der Waals surface area (Å²) in [6.45, 7) is 8.08. The fourth-order valence-electron chi connectivity index (χ4n) is 2.78. The molecule has 114 valence electrons. The van der Waals surface area contributed by atoms with Crippen molar-refractivity contribution in [1.29, 1.82) is 0 Å². The van der Waals surface area contributed by atoms with Crippen molar-refractivity contribution in [3.8, 4) is 0 Å². The van der Waals surface area contributed by atoms with E-state index in [1.54, 1.807) is 0 Å². The molecule has 1 aliphatic heterocycles. The van der Waals surface area contributed by atoms with Crippen LogP contribution in [0.4, 0.5) is 5.69 Å². The summed E-state index contributed by atoms with van der Waals surface area (Å²) in [6.07, 6.45) is 1.99. The molecule has 0 aliphatic carbocycles. The van der Waals surface area contributed by atoms with E-state index in [1.165, 1.54) is 4.90 Å². The quantitative estimate of drug-likeness (QED) is 0.847. The molecule has 1 saturated heterocycles. The van der Waals surface area contributed by atoms with E-state index in [0.29, 0.717) is 0 Å². The van der Waals surface area contributed by atoms with Gasteiger partial charge in [0.2, 0.25) is 5.91 Å². The Morgan fingerprint density at radius 2 is 2.05 bits per heavy atom. The molecular formula is C17H24N2O2. The molecule has 1 aromatic carbocycles. The van der Waals surface area contributed by atoms with Gasteiger partial charge < -0.3 is 5.32 Å². The third kappa shape index (κ3) is 3.00. The van der Waals surface area contributed by atoms with E-state index in [-0.39, 0.29) is 24.3 Å². The van der Waals surface area contributed by atoms with Crippen LogP contribution in [-0.2, 0) is 16.0 Å². The summed E-state index contributed by atoms with van der Waals surface area (Å²) in [4.78, 5) is 26.4. The number of anilines is 1. The zero-order chi connectivity index (χ0) is 15.6. The minimum Gasteiger partial charge on any atom is -0.303 e. The summed E-state index contributed by atoms with van der Waals surface area (Å²) in [5.41, 5.74) is 2.80. The van der Waals surface area contributed by atoms with Gasteiger partial charge in [0.25, 0.3) is 5.91 Å². The lowest BCUT2D eigenvalue weighted by Crippen LogP contribution is -2.43. The zero-order valence-electron chi connectivity index (χ0n) is 13.3. The van der Waals surface area contributed by atoms with Gasteiger partial charge in [-0.1, -0.05) is 32.0 Å². The molecule has 2 amide bonds. The van der Waals surface area contributed by atoms with Gasteiger partial charge in [0.05, 0.1) is 18.2 Å². The molecule has 2 unspecified atom stereocenters. The Balaban J connectivity index is 2.33. The van der Waals surface area contributed by atoms with Crippen LogP contribution in [0.5, 0.6) is 0 Å². The summed E-state index contributed by atoms with van der Waals surface area (Å²) in [6, 6.07) is 5.74. The molecule has 0 aromatic heterocycles. The third-order valence-electron chi connectivity index (χ3n) is 4.17. The van der Waals surface area contributed by atoms with Crippen molar-refractivity contribution in [3.63, 3.8) is 0 Å². The topological polar surface area (TPSA) is 49.4 Å². The van der Waals surface area contributed by atoms with E-state index < -0.39 is 6.04 Å². The second kappa shape index (κ2) is 6.39. The molecule has 1 aromatic rings. The lowest BCUT2D eigenvalue weighted by Gasteiger charge is -2.22. The first kappa shape index (κ1) is 15.7. The van der Waals surface area contributed by atoms with Gasteiger partial charge >= 0.3 is 0 Å². The fourth-order valence-corrected chi connectivity index (χ4v) is 2.78. The first-order valence-corrected chi connectivity index (χ1v) is 7.70. The smallest absolute Gasteiger partial charge is 0.251 e. The molecule has 2 atom stereocenters. The van der Waals surface area contributed by atoms with E-state index in [9.17, 15) is 9.59 Å². The van der Waals surface area contributed by atoms with Crippen LogP contribution in [0.2, 0.25) is 0 Å². The fraction of sp³-hybridized carbons (Fsp3) is 0.529. The van der Waals surface area contributed by atoms with Crippen molar-refractivity contribution in [2.75, 3.05) is 4.90 Å². The third-order valence-corrected chi connectivity index (χ3v) is 4.17. The van der Waals surface area contributed by atoms with Crippen LogP contribution in [-0.4, -0.2) is 23.9 Å². The average molecular weight is 288 g/mol. The number of carbonyl (C=O) groups excluding carboxylic acids is 2. The largest absolute Gasteiger partial charge is 0.303 e. The summed E-state index contributed by atoms with van der Waals surface area (Å²) in [7, 11) is 0. The normalized spacial score (nSPS) is 20.2. The second-order valence-corrected chi connectivity index (χ2v) is 5.74. The molecule has 0 bridgehead atoms. The standard InChI is InChI=1S/C17H24N2O2/c1-5-12(4)18-14-10-15(20)19(17(14)21)16-11(3)8-7-9-13(16)6-2/h7-9,12,14,18H,5-6,10H2,1-4H3. The van der Waals surface area contributed by atoms with E-state index >= 15 is 0 Å². The zero-order valence-corrected chi connectivity index (χ0v) is 13.3. The number of benzene rings is 1. The van der Waals surface area contributed by atoms with Gasteiger partial charge in [-0.2, -0.15) is 0 Å². The van der Waals surface area contributed by atoms with Crippen LogP contribution in [0.15, 0.2) is 18.2 Å². The van der Waals surface area contributed by atoms with Gasteiger partial charge in [0.15, 0.2) is 0 Å². The Kier molecular flexibility index (Phi) is 4.78. The molecule has 0 spiro atoms. The number of carbonyl (C=O) groups is 2. The molecule has 0 radical (unpaired) electrons. The maximum Gasteiger partial charge on any atom is 0.251 e. The number of imide groups is 1. The monoisotopic (exact) mass is 288 g/mol. The van der Waals surface area contributed by atoms with Crippen LogP contribution in [0, 0.1) is 6.92 Å². The average Bonchev–Trinajstić information content (AvgIpc) is 2.73. The SMILES string of the molecule is CCc1cccc(C)c1N1C(=O)CC(NC(C)CC)C1=O. The van der Waals surface area contributed by atoms with Crippen LogP contribution < -0.4 is 10.2 Å². The Hall–Kier alpha value is -1.68. The number of para-hydroxylation sites is 1. The lowest BCUT2D eigenvalue weighted by atomic mass is 10.0. The predicted octanol–water partition coefficient (Wildman–Crippen LogP) is 2.58. The molecule has 1 N–H and O–H groups in total. The van der Waals surface area contributed by atoms with Crippen LogP contribution in [0.25, 0.3) is 0 Å². The van der Waals surface area contributed by atoms with Crippen molar-refractivity contribution in [1.82, 2.24) is 5.32 Å². The number of amides is 2. The van der Waals surface area contributed by atoms with Gasteiger partial charge in [-0.15, -0.1) is 0 Å². The molecule has 1 heterocycles. The first-order chi connectivity index (χ1) is 9.99. The van der Waals surface area contributed by atoms with Gasteiger partial charge in [0.1, 0.15) is 0 Å². The Labute approximate surface area is 126 Å². The summed E-state index contributed by atoms with van der Waals surface area (Å²) >= 11 is 0. The number of aryl methyl sites for hydroxylation is 2. The second-order valence-electron chi connectivity index (χ2n) is 5.74. The number of hydrogen-bond donors (Lipinski definition) is 1. The highest BCUT2D eigenvalue weighted by Crippen LogP contribution is 2.30. The molecule has 2 rings (SSSR count). The maximum atomic E-state index is 12.6. The van der Waals surface area contributed by atoms with Crippen LogP contribution in [0.3, 0.4) is 0 Å². The minimum atomic E-state index is -0.392. The number of nitrogens with one attached hydrogen (secondary N) is 1. The highest BCUT2D eigenvalue weighted by molar-refractivity contribution is 6.23. The highest BCUT2D eigenvalue weighted by atomic mass is 16.2. The van der Waals surface area contributed by atoms with Gasteiger partial charge in [0, 0.05) is 6.04 Å². The predicted molar refractivity (Wildman–Crippen MR) is 84.3 cm³/mol. The first-order valence-electron chi connectivity index (χ1n) is 7.70. The van der Waals surface area contributed by atoms with E-state index in [0.717, 1.165) is 29.7 Å². The van der Waals surface area contributed by atoms with Gasteiger partial charge in [-0.25, -0.2) is 4.90 Å². The Morgan fingerprint density at radius 3 is 2.67 bits per heavy atom. The summed E-state index contributed by atoms with van der Waals surface area (Å²) in [5, 5.41) is 3.25. The number of nitrogens with zero attached hydrogens (tertiary/aromatic N) is 1. The lowest BCUT2D eigenvalue weighted by molar-refractivity contribution is -0.121. The highest BCUT2D eigenvalue weighted by Gasteiger charge is 2.40. The Morgan fingerprint density at radius 1 is 1.33 bits per heavy atom. The maximum absolute atomic E-state index is 12.6. The van der Waals surface area contributed by atoms with Crippen molar-refractivity contribution < 1.29 is 9.59 Å². The van der Waals surface area contributed by atoms with Crippen molar-refractivity contribution in [2.45, 2.75) is 59.0 Å². The molecular weight excluding hydrogens is 264 g/mol. The van der Waals surface area contributed by atoms with E-state index in [4.69, 9.17) is 0 Å². The number of rotatable bonds is 5. The Bertz CT molecular complexity index is 554. The van der Waals surface area contributed by atoms with Crippen molar-refractivity contribution in [3.05, 3.63) is 29.3 Å². The van der Waals surface area contributed by atoms with Gasteiger partial charge in [-0.05, 0) is 37.8 Å². The van der Waals surface area contributed by atoms with Crippen molar-refractivity contribution in [2.24, 2.45) is 0 Å². The van der Waals surface area contributed by atoms with Crippen LogP contribution >= 0.6 is 0 Å². The molecule has 21 heavy (non-hydrogen) atoms. The molecule has 4 nitrogen and oxygen atoms in total. The minimum absolute atomic E-state index is 0.107. The van der Waals surface area contributed by atoms with Gasteiger partial charge in [-0.3, -0.25) is 9.59 Å². The van der Waals surface area contributed by atoms with Crippen LogP contribution in [0.1, 0.15) is 44.7 Å². The molecule has 0 saturated carbocycles. The number of hydrogen-bond acceptors (Lipinski definition) is 3. The van der Waals surface area contributed by atoms with E-state index in [1.807, 2.05) is 39.0 Å². The molecule has 1 fully saturated rings. The summed E-state index contributed by atoms with van der Waals surface area (Å²) < 4.78 is 0. The molecule has 4 heteroatoms. The molecule has 1 aliphatic rings. The van der Waals surface area contributed by atoms with E-state index in [2.05, 4.69) is 12.2 Å². The van der Waals surface area contributed by atoms with Crippen molar-refractivity contribution >= 4 is 17.5 Å².